The smallest absolute Gasteiger partial charge is 0.0978 e. The molecule has 2 aromatic rings. The molecule has 14 heavy (non-hydrogen) atoms. The Labute approximate surface area is 82.0 Å². The summed E-state index contributed by atoms with van der Waals surface area (Å²) in [5.74, 6) is -0.204. The zero-order valence-corrected chi connectivity index (χ0v) is 7.51. The first-order valence-corrected chi connectivity index (χ1v) is 4.34. The first-order valence-electron chi connectivity index (χ1n) is 4.34. The van der Waals surface area contributed by atoms with Crippen molar-refractivity contribution in [2.75, 3.05) is 0 Å². The highest BCUT2D eigenvalue weighted by Gasteiger charge is 2.12. The summed E-state index contributed by atoms with van der Waals surface area (Å²) in [6.45, 7) is 0. The number of pyridine rings is 1. The van der Waals surface area contributed by atoms with Crippen LogP contribution in [0.2, 0.25) is 0 Å². The highest BCUT2D eigenvalue weighted by Crippen LogP contribution is 2.22. The molecule has 1 unspecified atom stereocenters. The van der Waals surface area contributed by atoms with Gasteiger partial charge in [-0.05, 0) is 29.3 Å². The van der Waals surface area contributed by atoms with Crippen LogP contribution in [0, 0.1) is 11.3 Å². The molecular formula is C11H9N3. The van der Waals surface area contributed by atoms with Crippen LogP contribution in [0.1, 0.15) is 17.0 Å². The first-order chi connectivity index (χ1) is 6.92. The number of H-pyrrole nitrogens is 1. The highest BCUT2D eigenvalue weighted by atomic mass is 14.6. The summed E-state index contributed by atoms with van der Waals surface area (Å²) in [4.78, 5) is 6.87. The fourth-order valence-corrected chi connectivity index (χ4v) is 1.41. The van der Waals surface area contributed by atoms with Crippen LogP contribution < -0.4 is 0 Å². The molecule has 3 nitrogen and oxygen atoms in total. The van der Waals surface area contributed by atoms with Crippen LogP contribution in [0.15, 0.2) is 43.0 Å². The van der Waals surface area contributed by atoms with Crippen LogP contribution in [-0.4, -0.2) is 9.97 Å². The fourth-order valence-electron chi connectivity index (χ4n) is 1.41. The molecule has 68 valence electrons. The lowest BCUT2D eigenvalue weighted by atomic mass is 9.96. The van der Waals surface area contributed by atoms with E-state index in [1.54, 1.807) is 12.4 Å². The minimum atomic E-state index is -0.204. The van der Waals surface area contributed by atoms with Crippen LogP contribution in [0.3, 0.4) is 0 Å². The van der Waals surface area contributed by atoms with Gasteiger partial charge in [0.1, 0.15) is 0 Å². The molecule has 0 saturated heterocycles. The van der Waals surface area contributed by atoms with E-state index in [1.807, 2.05) is 30.6 Å². The molecule has 2 rings (SSSR count). The van der Waals surface area contributed by atoms with Crippen LogP contribution in [0.25, 0.3) is 0 Å². The Morgan fingerprint density at radius 1 is 1.21 bits per heavy atom. The molecule has 0 spiro atoms. The second-order valence-electron chi connectivity index (χ2n) is 2.99. The molecule has 0 saturated carbocycles. The number of nitrogens with zero attached hydrogens (tertiary/aromatic N) is 2. The van der Waals surface area contributed by atoms with E-state index >= 15 is 0 Å². The summed E-state index contributed by atoms with van der Waals surface area (Å²) in [5.41, 5.74) is 1.96. The van der Waals surface area contributed by atoms with Crippen molar-refractivity contribution in [2.24, 2.45) is 0 Å². The van der Waals surface area contributed by atoms with Crippen molar-refractivity contribution in [3.63, 3.8) is 0 Å². The van der Waals surface area contributed by atoms with E-state index < -0.39 is 0 Å². The van der Waals surface area contributed by atoms with E-state index in [0.29, 0.717) is 0 Å². The van der Waals surface area contributed by atoms with Crippen molar-refractivity contribution in [1.82, 2.24) is 9.97 Å². The molecule has 0 fully saturated rings. The van der Waals surface area contributed by atoms with E-state index in [0.717, 1.165) is 11.1 Å². The van der Waals surface area contributed by atoms with Gasteiger partial charge in [0.2, 0.25) is 0 Å². The minimum Gasteiger partial charge on any atom is -0.367 e. The first kappa shape index (κ1) is 8.52. The normalized spacial score (nSPS) is 11.9. The third-order valence-electron chi connectivity index (χ3n) is 2.12. The van der Waals surface area contributed by atoms with E-state index in [4.69, 9.17) is 5.26 Å². The number of aromatic amines is 1. The average Bonchev–Trinajstić information content (AvgIpc) is 2.74. The standard InChI is InChI=1S/C11H9N3/c12-7-11(10-3-6-14-8-10)9-1-4-13-5-2-9/h1-6,8,11,14H. The highest BCUT2D eigenvalue weighted by molar-refractivity contribution is 5.35. The lowest BCUT2D eigenvalue weighted by molar-refractivity contribution is 1.03. The van der Waals surface area contributed by atoms with Gasteiger partial charge in [-0.2, -0.15) is 5.26 Å². The maximum Gasteiger partial charge on any atom is 0.0978 e. The monoisotopic (exact) mass is 183 g/mol. The number of aromatic nitrogens is 2. The van der Waals surface area contributed by atoms with Gasteiger partial charge in [0.25, 0.3) is 0 Å². The van der Waals surface area contributed by atoms with Gasteiger partial charge < -0.3 is 4.98 Å². The van der Waals surface area contributed by atoms with Gasteiger partial charge in [0.05, 0.1) is 12.0 Å². The maximum atomic E-state index is 9.07. The molecule has 0 aliphatic rings. The summed E-state index contributed by atoms with van der Waals surface area (Å²) in [7, 11) is 0. The Morgan fingerprint density at radius 3 is 2.57 bits per heavy atom. The zero-order chi connectivity index (χ0) is 9.80. The molecule has 1 atom stereocenters. The van der Waals surface area contributed by atoms with E-state index in [-0.39, 0.29) is 5.92 Å². The maximum absolute atomic E-state index is 9.07. The third-order valence-corrected chi connectivity index (χ3v) is 2.12. The van der Waals surface area contributed by atoms with Crippen molar-refractivity contribution in [3.05, 3.63) is 54.1 Å². The van der Waals surface area contributed by atoms with Crippen molar-refractivity contribution >= 4 is 0 Å². The average molecular weight is 183 g/mol. The van der Waals surface area contributed by atoms with Crippen molar-refractivity contribution in [3.8, 4) is 6.07 Å². The van der Waals surface area contributed by atoms with Crippen molar-refractivity contribution < 1.29 is 0 Å². The molecule has 3 heteroatoms. The van der Waals surface area contributed by atoms with Gasteiger partial charge in [-0.25, -0.2) is 0 Å². The zero-order valence-electron chi connectivity index (χ0n) is 7.51. The Balaban J connectivity index is 2.38. The van der Waals surface area contributed by atoms with Gasteiger partial charge in [0, 0.05) is 24.8 Å². The molecule has 0 aliphatic heterocycles. The summed E-state index contributed by atoms with van der Waals surface area (Å²) < 4.78 is 0. The van der Waals surface area contributed by atoms with Crippen molar-refractivity contribution in [2.45, 2.75) is 5.92 Å². The number of nitrogens with one attached hydrogen (secondary N) is 1. The Kier molecular flexibility index (Phi) is 2.28. The molecular weight excluding hydrogens is 174 g/mol. The lowest BCUT2D eigenvalue weighted by Gasteiger charge is -2.05. The molecule has 0 aromatic carbocycles. The summed E-state index contributed by atoms with van der Waals surface area (Å²) in [5, 5.41) is 9.07. The van der Waals surface area contributed by atoms with Gasteiger partial charge in [-0.3, -0.25) is 4.98 Å². The summed E-state index contributed by atoms with van der Waals surface area (Å²) in [6, 6.07) is 7.91. The Hall–Kier alpha value is -2.08. The third kappa shape index (κ3) is 1.50. The van der Waals surface area contributed by atoms with Crippen LogP contribution >= 0.6 is 0 Å². The lowest BCUT2D eigenvalue weighted by Crippen LogP contribution is -1.96. The van der Waals surface area contributed by atoms with Crippen LogP contribution in [0.4, 0.5) is 0 Å². The Bertz CT molecular complexity index is 425. The number of hydrogen-bond acceptors (Lipinski definition) is 2. The topological polar surface area (TPSA) is 52.5 Å². The fraction of sp³-hybridized carbons (Fsp3) is 0.0909. The van der Waals surface area contributed by atoms with Gasteiger partial charge >= 0.3 is 0 Å². The second kappa shape index (κ2) is 3.75. The van der Waals surface area contributed by atoms with Crippen LogP contribution in [0.5, 0.6) is 0 Å². The van der Waals surface area contributed by atoms with Gasteiger partial charge in [-0.15, -0.1) is 0 Å². The van der Waals surface area contributed by atoms with Crippen LogP contribution in [-0.2, 0) is 0 Å². The Morgan fingerprint density at radius 2 is 2.00 bits per heavy atom. The van der Waals surface area contributed by atoms with Gasteiger partial charge in [-0.1, -0.05) is 0 Å². The summed E-state index contributed by atoms with van der Waals surface area (Å²) >= 11 is 0. The number of rotatable bonds is 2. The SMILES string of the molecule is N#CC(c1ccncc1)c1cc[nH]c1. The molecule has 2 aromatic heterocycles. The van der Waals surface area contributed by atoms with E-state index in [9.17, 15) is 0 Å². The molecule has 0 aliphatic carbocycles. The number of hydrogen-bond donors (Lipinski definition) is 1. The molecule has 2 heterocycles. The van der Waals surface area contributed by atoms with Crippen molar-refractivity contribution in [1.29, 1.82) is 5.26 Å². The molecule has 0 amide bonds. The van der Waals surface area contributed by atoms with E-state index in [1.165, 1.54) is 0 Å². The molecule has 0 bridgehead atoms. The minimum absolute atomic E-state index is 0.204. The second-order valence-corrected chi connectivity index (χ2v) is 2.99. The van der Waals surface area contributed by atoms with Gasteiger partial charge in [0.15, 0.2) is 0 Å². The molecule has 1 N–H and O–H groups in total. The predicted molar refractivity (Wildman–Crippen MR) is 52.5 cm³/mol. The summed E-state index contributed by atoms with van der Waals surface area (Å²) in [6.07, 6.45) is 7.06. The molecule has 0 radical (unpaired) electrons. The predicted octanol–water partition coefficient (Wildman–Crippen LogP) is 2.07. The largest absolute Gasteiger partial charge is 0.367 e. The quantitative estimate of drug-likeness (QED) is 0.774. The number of nitriles is 1. The van der Waals surface area contributed by atoms with E-state index in [2.05, 4.69) is 16.0 Å².